The van der Waals surface area contributed by atoms with E-state index >= 15 is 0 Å². The summed E-state index contributed by atoms with van der Waals surface area (Å²) in [4.78, 5) is 11.3. The standard InChI is InChI=1S/C17H17FO2/c18-16-9-5-4-8-14(16)12-15(17(19)20)11-10-13-6-2-1-3-7-13/h1-9,15H,10-12H2,(H,19,20). The summed E-state index contributed by atoms with van der Waals surface area (Å²) in [6, 6.07) is 16.1. The highest BCUT2D eigenvalue weighted by atomic mass is 19.1. The Morgan fingerprint density at radius 1 is 1.05 bits per heavy atom. The number of aliphatic carboxylic acids is 1. The van der Waals surface area contributed by atoms with Gasteiger partial charge >= 0.3 is 5.97 Å². The first kappa shape index (κ1) is 14.3. The fourth-order valence-electron chi connectivity index (χ4n) is 2.23. The van der Waals surface area contributed by atoms with E-state index in [4.69, 9.17) is 0 Å². The molecule has 0 aromatic heterocycles. The molecule has 2 aromatic carbocycles. The minimum atomic E-state index is -0.871. The quantitative estimate of drug-likeness (QED) is 0.870. The third kappa shape index (κ3) is 3.92. The van der Waals surface area contributed by atoms with Gasteiger partial charge in [-0.15, -0.1) is 0 Å². The van der Waals surface area contributed by atoms with Gasteiger partial charge in [0.15, 0.2) is 0 Å². The molecule has 1 N–H and O–H groups in total. The van der Waals surface area contributed by atoms with Crippen molar-refractivity contribution in [2.24, 2.45) is 5.92 Å². The average molecular weight is 272 g/mol. The van der Waals surface area contributed by atoms with Gasteiger partial charge in [0, 0.05) is 0 Å². The van der Waals surface area contributed by atoms with Crippen LogP contribution in [0.4, 0.5) is 4.39 Å². The number of hydrogen-bond acceptors (Lipinski definition) is 1. The molecule has 0 bridgehead atoms. The molecule has 2 nitrogen and oxygen atoms in total. The van der Waals surface area contributed by atoms with Crippen molar-refractivity contribution in [3.05, 3.63) is 71.5 Å². The highest BCUT2D eigenvalue weighted by molar-refractivity contribution is 5.70. The van der Waals surface area contributed by atoms with Crippen molar-refractivity contribution in [2.75, 3.05) is 0 Å². The Bertz CT molecular complexity index is 566. The predicted octanol–water partition coefficient (Wildman–Crippen LogP) is 3.70. The van der Waals surface area contributed by atoms with E-state index in [2.05, 4.69) is 0 Å². The molecule has 0 aliphatic heterocycles. The van der Waals surface area contributed by atoms with Crippen LogP contribution < -0.4 is 0 Å². The first-order chi connectivity index (χ1) is 9.66. The van der Waals surface area contributed by atoms with Gasteiger partial charge < -0.3 is 5.11 Å². The van der Waals surface area contributed by atoms with Gasteiger partial charge in [-0.2, -0.15) is 0 Å². The summed E-state index contributed by atoms with van der Waals surface area (Å²) in [5.74, 6) is -1.77. The molecule has 0 spiro atoms. The summed E-state index contributed by atoms with van der Waals surface area (Å²) < 4.78 is 13.6. The molecule has 0 heterocycles. The van der Waals surface area contributed by atoms with Crippen LogP contribution in [0.25, 0.3) is 0 Å². The van der Waals surface area contributed by atoms with Crippen molar-refractivity contribution in [2.45, 2.75) is 19.3 Å². The Hall–Kier alpha value is -2.16. The number of carboxylic acids is 1. The summed E-state index contributed by atoms with van der Waals surface area (Å²) in [6.45, 7) is 0. The van der Waals surface area contributed by atoms with Crippen molar-refractivity contribution < 1.29 is 14.3 Å². The summed E-state index contributed by atoms with van der Waals surface area (Å²) in [7, 11) is 0. The maximum atomic E-state index is 13.6. The maximum Gasteiger partial charge on any atom is 0.306 e. The molecule has 0 saturated heterocycles. The highest BCUT2D eigenvalue weighted by Crippen LogP contribution is 2.18. The van der Waals surface area contributed by atoms with Gasteiger partial charge in [-0.1, -0.05) is 48.5 Å². The van der Waals surface area contributed by atoms with E-state index in [0.717, 1.165) is 5.56 Å². The zero-order valence-electron chi connectivity index (χ0n) is 11.1. The smallest absolute Gasteiger partial charge is 0.306 e. The predicted molar refractivity (Wildman–Crippen MR) is 76.0 cm³/mol. The number of halogens is 1. The largest absolute Gasteiger partial charge is 0.481 e. The average Bonchev–Trinajstić information content (AvgIpc) is 2.46. The van der Waals surface area contributed by atoms with Crippen LogP contribution in [-0.4, -0.2) is 11.1 Å². The highest BCUT2D eigenvalue weighted by Gasteiger charge is 2.19. The van der Waals surface area contributed by atoms with E-state index in [1.165, 1.54) is 6.07 Å². The van der Waals surface area contributed by atoms with Crippen LogP contribution in [0.2, 0.25) is 0 Å². The van der Waals surface area contributed by atoms with Crippen LogP contribution in [0.1, 0.15) is 17.5 Å². The summed E-state index contributed by atoms with van der Waals surface area (Å²) >= 11 is 0. The van der Waals surface area contributed by atoms with E-state index in [0.29, 0.717) is 18.4 Å². The molecule has 104 valence electrons. The second kappa shape index (κ2) is 6.85. The van der Waals surface area contributed by atoms with E-state index in [1.54, 1.807) is 18.2 Å². The van der Waals surface area contributed by atoms with Crippen LogP contribution >= 0.6 is 0 Å². The number of hydrogen-bond donors (Lipinski definition) is 1. The van der Waals surface area contributed by atoms with E-state index in [9.17, 15) is 14.3 Å². The fourth-order valence-corrected chi connectivity index (χ4v) is 2.23. The molecule has 1 atom stereocenters. The van der Waals surface area contributed by atoms with Gasteiger partial charge in [0.1, 0.15) is 5.82 Å². The zero-order chi connectivity index (χ0) is 14.4. The molecular weight excluding hydrogens is 255 g/mol. The molecule has 0 aliphatic carbocycles. The first-order valence-electron chi connectivity index (χ1n) is 6.67. The third-order valence-electron chi connectivity index (χ3n) is 3.40. The minimum absolute atomic E-state index is 0.231. The van der Waals surface area contributed by atoms with Gasteiger partial charge in [-0.3, -0.25) is 4.79 Å². The molecule has 0 amide bonds. The second-order valence-corrected chi connectivity index (χ2v) is 4.85. The molecular formula is C17H17FO2. The Morgan fingerprint density at radius 2 is 1.70 bits per heavy atom. The van der Waals surface area contributed by atoms with Crippen LogP contribution in [0.15, 0.2) is 54.6 Å². The zero-order valence-corrected chi connectivity index (χ0v) is 11.1. The molecule has 0 fully saturated rings. The minimum Gasteiger partial charge on any atom is -0.481 e. The monoisotopic (exact) mass is 272 g/mol. The van der Waals surface area contributed by atoms with Crippen LogP contribution in [-0.2, 0) is 17.6 Å². The van der Waals surface area contributed by atoms with Crippen LogP contribution in [0.3, 0.4) is 0 Å². The summed E-state index contributed by atoms with van der Waals surface area (Å²) in [5, 5.41) is 9.28. The van der Waals surface area contributed by atoms with E-state index in [-0.39, 0.29) is 12.2 Å². The molecule has 0 saturated carbocycles. The number of carbonyl (C=O) groups is 1. The van der Waals surface area contributed by atoms with Crippen molar-refractivity contribution in [3.63, 3.8) is 0 Å². The Labute approximate surface area is 117 Å². The normalized spacial score (nSPS) is 12.1. The molecule has 3 heteroatoms. The van der Waals surface area contributed by atoms with Crippen LogP contribution in [0.5, 0.6) is 0 Å². The third-order valence-corrected chi connectivity index (χ3v) is 3.40. The van der Waals surface area contributed by atoms with Crippen molar-refractivity contribution in [1.29, 1.82) is 0 Å². The fraction of sp³-hybridized carbons (Fsp3) is 0.235. The van der Waals surface area contributed by atoms with E-state index in [1.807, 2.05) is 30.3 Å². The van der Waals surface area contributed by atoms with Gasteiger partial charge in [0.05, 0.1) is 5.92 Å². The lowest BCUT2D eigenvalue weighted by Crippen LogP contribution is -2.18. The Morgan fingerprint density at radius 3 is 2.35 bits per heavy atom. The number of benzene rings is 2. The van der Waals surface area contributed by atoms with Gasteiger partial charge in [0.25, 0.3) is 0 Å². The van der Waals surface area contributed by atoms with Crippen molar-refractivity contribution in [3.8, 4) is 0 Å². The SMILES string of the molecule is O=C(O)C(CCc1ccccc1)Cc1ccccc1F. The van der Waals surface area contributed by atoms with Gasteiger partial charge in [-0.25, -0.2) is 4.39 Å². The first-order valence-corrected chi connectivity index (χ1v) is 6.67. The number of rotatable bonds is 6. The lowest BCUT2D eigenvalue weighted by molar-refractivity contribution is -0.141. The lowest BCUT2D eigenvalue weighted by atomic mass is 9.93. The maximum absolute atomic E-state index is 13.6. The van der Waals surface area contributed by atoms with E-state index < -0.39 is 11.9 Å². The van der Waals surface area contributed by atoms with Crippen molar-refractivity contribution in [1.82, 2.24) is 0 Å². The topological polar surface area (TPSA) is 37.3 Å². The molecule has 0 radical (unpaired) electrons. The second-order valence-electron chi connectivity index (χ2n) is 4.85. The van der Waals surface area contributed by atoms with Gasteiger partial charge in [-0.05, 0) is 36.5 Å². The molecule has 1 unspecified atom stereocenters. The molecule has 2 aromatic rings. The van der Waals surface area contributed by atoms with Gasteiger partial charge in [0.2, 0.25) is 0 Å². The molecule has 0 aliphatic rings. The Kier molecular flexibility index (Phi) is 4.88. The molecule has 2 rings (SSSR count). The molecule has 20 heavy (non-hydrogen) atoms. The lowest BCUT2D eigenvalue weighted by Gasteiger charge is -2.13. The summed E-state index contributed by atoms with van der Waals surface area (Å²) in [6.07, 6.45) is 1.43. The number of aryl methyl sites for hydroxylation is 1. The summed E-state index contributed by atoms with van der Waals surface area (Å²) in [5.41, 5.74) is 1.57. The number of carboxylic acid groups (broad SMARTS) is 1. The Balaban J connectivity index is 2.01. The van der Waals surface area contributed by atoms with Crippen molar-refractivity contribution >= 4 is 5.97 Å². The van der Waals surface area contributed by atoms with Crippen LogP contribution in [0, 0.1) is 11.7 Å².